The molecule has 146 valence electrons. The zero-order valence-electron chi connectivity index (χ0n) is 14.8. The fourth-order valence-corrected chi connectivity index (χ4v) is 4.72. The van der Waals surface area contributed by atoms with Crippen LogP contribution in [0.1, 0.15) is 5.56 Å². The van der Waals surface area contributed by atoms with Crippen molar-refractivity contribution >= 4 is 66.7 Å². The molecule has 4 aromatic rings. The molecule has 7 heteroatoms. The van der Waals surface area contributed by atoms with Gasteiger partial charge < -0.3 is 0 Å². The Hall–Kier alpha value is -1.30. The minimum absolute atomic E-state index is 0.464. The number of rotatable bonds is 4. The minimum atomic E-state index is 0.464. The predicted octanol–water partition coefficient (Wildman–Crippen LogP) is 8.75. The van der Waals surface area contributed by atoms with E-state index in [9.17, 15) is 0 Å². The van der Waals surface area contributed by atoms with E-state index in [4.69, 9.17) is 39.9 Å². The van der Waals surface area contributed by atoms with Gasteiger partial charge in [0.2, 0.25) is 0 Å². The first-order valence-electron chi connectivity index (χ1n) is 8.64. The van der Waals surface area contributed by atoms with Crippen LogP contribution >= 0.6 is 66.7 Å². The van der Waals surface area contributed by atoms with Gasteiger partial charge in [-0.15, -0.1) is 0 Å². The van der Waals surface area contributed by atoms with Gasteiger partial charge in [0.15, 0.2) is 0 Å². The fourth-order valence-electron chi connectivity index (χ4n) is 3.10. The van der Waals surface area contributed by atoms with E-state index in [2.05, 4.69) is 31.9 Å². The second-order valence-electron chi connectivity index (χ2n) is 6.43. The third kappa shape index (κ3) is 4.57. The molecule has 0 aliphatic rings. The van der Waals surface area contributed by atoms with Crippen LogP contribution < -0.4 is 0 Å². The Labute approximate surface area is 200 Å². The van der Waals surface area contributed by atoms with E-state index in [0.29, 0.717) is 27.3 Å². The summed E-state index contributed by atoms with van der Waals surface area (Å²) in [4.78, 5) is 0. The first kappa shape index (κ1) is 21.0. The van der Waals surface area contributed by atoms with Crippen molar-refractivity contribution in [3.63, 3.8) is 0 Å². The molecule has 0 radical (unpaired) electrons. The Morgan fingerprint density at radius 1 is 0.793 bits per heavy atom. The maximum Gasteiger partial charge on any atom is 0.112 e. The monoisotopic (exact) mass is 568 g/mol. The van der Waals surface area contributed by atoms with Crippen LogP contribution in [0.3, 0.4) is 0 Å². The Morgan fingerprint density at radius 2 is 1.45 bits per heavy atom. The van der Waals surface area contributed by atoms with E-state index in [1.165, 1.54) is 0 Å². The first-order chi connectivity index (χ1) is 13.9. The van der Waals surface area contributed by atoms with Gasteiger partial charge in [-0.1, -0.05) is 97.0 Å². The van der Waals surface area contributed by atoms with Crippen LogP contribution in [-0.2, 0) is 6.54 Å². The van der Waals surface area contributed by atoms with Crippen LogP contribution in [-0.4, -0.2) is 9.78 Å². The summed E-state index contributed by atoms with van der Waals surface area (Å²) >= 11 is 26.4. The summed E-state index contributed by atoms with van der Waals surface area (Å²) in [5, 5.41) is 6.62. The highest BCUT2D eigenvalue weighted by molar-refractivity contribution is 9.10. The van der Waals surface area contributed by atoms with Crippen molar-refractivity contribution in [3.8, 4) is 22.5 Å². The maximum absolute atomic E-state index is 6.87. The average Bonchev–Trinajstić information content (AvgIpc) is 3.00. The predicted molar refractivity (Wildman–Crippen MR) is 129 cm³/mol. The number of nitrogens with zero attached hydrogens (tertiary/aromatic N) is 2. The van der Waals surface area contributed by atoms with Gasteiger partial charge in [-0.3, -0.25) is 4.68 Å². The summed E-state index contributed by atoms with van der Waals surface area (Å²) in [6.45, 7) is 0.464. The van der Waals surface area contributed by atoms with Crippen molar-refractivity contribution in [2.45, 2.75) is 6.54 Å². The fraction of sp³-hybridized carbons (Fsp3) is 0.0455. The molecule has 0 bridgehead atoms. The van der Waals surface area contributed by atoms with Gasteiger partial charge in [0.05, 0.1) is 17.3 Å². The second-order valence-corrected chi connectivity index (χ2v) is 9.48. The summed E-state index contributed by atoms with van der Waals surface area (Å²) in [7, 11) is 0. The number of aromatic nitrogens is 2. The van der Waals surface area contributed by atoms with Crippen LogP contribution in [0.2, 0.25) is 15.1 Å². The van der Waals surface area contributed by atoms with Crippen LogP contribution in [0.25, 0.3) is 22.5 Å². The number of halogens is 5. The topological polar surface area (TPSA) is 17.8 Å². The Morgan fingerprint density at radius 3 is 2.10 bits per heavy atom. The molecule has 0 aliphatic heterocycles. The Kier molecular flexibility index (Phi) is 6.38. The average molecular weight is 572 g/mol. The molecule has 0 saturated heterocycles. The molecule has 0 atom stereocenters. The zero-order valence-corrected chi connectivity index (χ0v) is 20.3. The largest absolute Gasteiger partial charge is 0.258 e. The second kappa shape index (κ2) is 8.83. The van der Waals surface area contributed by atoms with Crippen LogP contribution in [0.15, 0.2) is 75.7 Å². The molecule has 2 nitrogen and oxygen atoms in total. The highest BCUT2D eigenvalue weighted by atomic mass is 79.9. The number of hydrogen-bond acceptors (Lipinski definition) is 1. The van der Waals surface area contributed by atoms with Crippen molar-refractivity contribution in [1.29, 1.82) is 0 Å². The summed E-state index contributed by atoms with van der Waals surface area (Å²) in [5.41, 5.74) is 4.35. The van der Waals surface area contributed by atoms with Crippen LogP contribution in [0, 0.1) is 0 Å². The van der Waals surface area contributed by atoms with Crippen LogP contribution in [0.4, 0.5) is 0 Å². The van der Waals surface area contributed by atoms with Gasteiger partial charge in [-0.2, -0.15) is 5.10 Å². The van der Waals surface area contributed by atoms with Crippen molar-refractivity contribution in [2.75, 3.05) is 0 Å². The van der Waals surface area contributed by atoms with Crippen molar-refractivity contribution < 1.29 is 0 Å². The lowest BCUT2D eigenvalue weighted by atomic mass is 10.1. The molecule has 0 saturated carbocycles. The summed E-state index contributed by atoms with van der Waals surface area (Å²) < 4.78 is 3.81. The normalized spacial score (nSPS) is 11.1. The molecule has 1 heterocycles. The van der Waals surface area contributed by atoms with Gasteiger partial charge in [-0.25, -0.2) is 0 Å². The third-order valence-electron chi connectivity index (χ3n) is 4.43. The first-order valence-corrected chi connectivity index (χ1v) is 11.4. The Balaban J connectivity index is 1.89. The summed E-state index contributed by atoms with van der Waals surface area (Å²) in [6, 6.07) is 21.4. The lowest BCUT2D eigenvalue weighted by molar-refractivity contribution is 0.697. The van der Waals surface area contributed by atoms with E-state index < -0.39 is 0 Å². The van der Waals surface area contributed by atoms with Crippen molar-refractivity contribution in [2.24, 2.45) is 0 Å². The van der Waals surface area contributed by atoms with Gasteiger partial charge in [0.25, 0.3) is 0 Å². The van der Waals surface area contributed by atoms with Gasteiger partial charge in [-0.05, 0) is 42.0 Å². The number of hydrogen-bond donors (Lipinski definition) is 0. The lowest BCUT2D eigenvalue weighted by Crippen LogP contribution is -2.04. The van der Waals surface area contributed by atoms with Gasteiger partial charge in [0, 0.05) is 30.1 Å². The molecule has 4 rings (SSSR count). The highest BCUT2D eigenvalue weighted by Gasteiger charge is 2.20. The van der Waals surface area contributed by atoms with E-state index >= 15 is 0 Å². The van der Waals surface area contributed by atoms with E-state index in [1.807, 2.05) is 65.3 Å². The van der Waals surface area contributed by atoms with E-state index in [-0.39, 0.29) is 0 Å². The zero-order chi connectivity index (χ0) is 20.5. The summed E-state index contributed by atoms with van der Waals surface area (Å²) in [5.74, 6) is 0. The molecule has 3 aromatic carbocycles. The molecule has 0 fully saturated rings. The molecular weight excluding hydrogens is 558 g/mol. The molecule has 0 unspecified atom stereocenters. The third-order valence-corrected chi connectivity index (χ3v) is 6.36. The molecule has 0 aliphatic carbocycles. The number of benzene rings is 3. The Bertz CT molecular complexity index is 1200. The maximum atomic E-state index is 6.87. The van der Waals surface area contributed by atoms with Crippen LogP contribution in [0.5, 0.6) is 0 Å². The highest BCUT2D eigenvalue weighted by Crippen LogP contribution is 2.38. The minimum Gasteiger partial charge on any atom is -0.258 e. The quantitative estimate of drug-likeness (QED) is 0.240. The standard InChI is InChI=1S/C22H13Br2Cl3N2/c23-16-5-1-3-13(9-16)21-20(27)22(14-4-2-6-17(24)10-14)29(28-21)12-15-7-8-18(25)11-19(15)26/h1-11H,12H2. The lowest BCUT2D eigenvalue weighted by Gasteiger charge is -2.10. The van der Waals surface area contributed by atoms with E-state index in [0.717, 1.165) is 31.3 Å². The van der Waals surface area contributed by atoms with Crippen molar-refractivity contribution in [3.05, 3.63) is 96.3 Å². The molecule has 0 spiro atoms. The molecule has 29 heavy (non-hydrogen) atoms. The molecular formula is C22H13Br2Cl3N2. The van der Waals surface area contributed by atoms with Gasteiger partial charge in [0.1, 0.15) is 5.69 Å². The smallest absolute Gasteiger partial charge is 0.112 e. The van der Waals surface area contributed by atoms with E-state index in [1.54, 1.807) is 6.07 Å². The molecule has 0 N–H and O–H groups in total. The van der Waals surface area contributed by atoms with Gasteiger partial charge >= 0.3 is 0 Å². The van der Waals surface area contributed by atoms with Crippen molar-refractivity contribution in [1.82, 2.24) is 9.78 Å². The SMILES string of the molecule is Clc1ccc(Cn2nc(-c3cccc(Br)c3)c(Cl)c2-c2cccc(Br)c2)c(Cl)c1. The molecule has 0 amide bonds. The summed E-state index contributed by atoms with van der Waals surface area (Å²) in [6.07, 6.45) is 0. The molecule has 1 aromatic heterocycles.